The van der Waals surface area contributed by atoms with E-state index in [0.29, 0.717) is 12.8 Å². The van der Waals surface area contributed by atoms with Gasteiger partial charge in [0.1, 0.15) is 6.61 Å². The molecule has 0 heterocycles. The Kier molecular flexibility index (Phi) is 12.9. The molecule has 2 unspecified atom stereocenters. The minimum Gasteiger partial charge on any atom is -0.480 e. The van der Waals surface area contributed by atoms with Crippen molar-refractivity contribution >= 4 is 39.3 Å². The number of fused-ring (bicyclic) bond motifs is 2. The molecule has 0 radical (unpaired) electrons. The van der Waals surface area contributed by atoms with Crippen LogP contribution in [0, 0.1) is 0 Å². The number of hydrogen-bond donors (Lipinski definition) is 2. The molecule has 0 aliphatic heterocycles. The molecule has 0 aromatic heterocycles. The zero-order valence-corrected chi connectivity index (χ0v) is 25.2. The Morgan fingerprint density at radius 1 is 0.568 bits per heavy atom. The summed E-state index contributed by atoms with van der Waals surface area (Å²) in [5.41, 5.74) is 2.54. The number of hydrogen-bond acceptors (Lipinski definition) is 5. The quantitative estimate of drug-likeness (QED) is 0.102. The van der Waals surface area contributed by atoms with E-state index in [1.54, 1.807) is 0 Å². The molecule has 44 heavy (non-hydrogen) atoms. The topological polar surface area (TPSA) is 110 Å². The summed E-state index contributed by atoms with van der Waals surface area (Å²) in [7, 11) is 0. The van der Waals surface area contributed by atoms with Gasteiger partial charge in [-0.15, -0.1) is 0 Å². The molecule has 0 saturated heterocycles. The summed E-state index contributed by atoms with van der Waals surface area (Å²) in [6.45, 7) is -0.620. The van der Waals surface area contributed by atoms with Gasteiger partial charge in [0.05, 0.1) is 0 Å². The average Bonchev–Trinajstić information content (AvgIpc) is 3.02. The maximum absolute atomic E-state index is 13.1. The van der Waals surface area contributed by atoms with Crippen molar-refractivity contribution in [2.24, 2.45) is 0 Å². The number of benzene rings is 4. The summed E-state index contributed by atoms with van der Waals surface area (Å²) in [6, 6.07) is 29.5. The summed E-state index contributed by atoms with van der Waals surface area (Å²) in [5.74, 6) is -3.08. The Morgan fingerprint density at radius 3 is 1.64 bits per heavy atom. The van der Waals surface area contributed by atoms with E-state index in [1.807, 2.05) is 24.3 Å². The van der Waals surface area contributed by atoms with Gasteiger partial charge in [-0.05, 0) is 71.2 Å². The number of rotatable bonds is 20. The molecule has 7 nitrogen and oxygen atoms in total. The fraction of sp³-hybridized carbons (Fsp3) is 0.378. The van der Waals surface area contributed by atoms with E-state index in [0.717, 1.165) is 44.9 Å². The summed E-state index contributed by atoms with van der Waals surface area (Å²) in [6.07, 6.45) is 4.81. The lowest BCUT2D eigenvalue weighted by molar-refractivity contribution is -0.172. The maximum Gasteiger partial charge on any atom is 0.336 e. The molecule has 232 valence electrons. The molecular formula is C37H42O7. The monoisotopic (exact) mass is 598 g/mol. The van der Waals surface area contributed by atoms with E-state index >= 15 is 0 Å². The van der Waals surface area contributed by atoms with Gasteiger partial charge in [-0.3, -0.25) is 4.79 Å². The van der Waals surface area contributed by atoms with Crippen molar-refractivity contribution in [1.29, 1.82) is 0 Å². The summed E-state index contributed by atoms with van der Waals surface area (Å²) in [5, 5.41) is 23.6. The van der Waals surface area contributed by atoms with Crippen molar-refractivity contribution in [1.82, 2.24) is 0 Å². The van der Waals surface area contributed by atoms with Crippen molar-refractivity contribution in [3.05, 3.63) is 96.1 Å². The lowest BCUT2D eigenvalue weighted by Gasteiger charge is -2.23. The molecule has 2 atom stereocenters. The first-order valence-electron chi connectivity index (χ1n) is 15.6. The number of carboxylic acids is 2. The third kappa shape index (κ3) is 10.3. The van der Waals surface area contributed by atoms with E-state index < -0.39 is 30.8 Å². The highest BCUT2D eigenvalue weighted by Crippen LogP contribution is 2.20. The summed E-state index contributed by atoms with van der Waals surface area (Å²) < 4.78 is 10.9. The molecule has 4 aromatic rings. The Labute approximate surface area is 258 Å². The first-order valence-corrected chi connectivity index (χ1v) is 15.6. The molecule has 7 heteroatoms. The predicted octanol–water partition coefficient (Wildman–Crippen LogP) is 7.41. The number of ketones is 1. The van der Waals surface area contributed by atoms with Crippen LogP contribution in [0.1, 0.15) is 62.5 Å². The van der Waals surface area contributed by atoms with Gasteiger partial charge < -0.3 is 19.7 Å². The lowest BCUT2D eigenvalue weighted by atomic mass is 10.00. The van der Waals surface area contributed by atoms with E-state index in [2.05, 4.69) is 60.7 Å². The minimum atomic E-state index is -1.66. The third-order valence-electron chi connectivity index (χ3n) is 7.90. The van der Waals surface area contributed by atoms with Crippen molar-refractivity contribution in [3.63, 3.8) is 0 Å². The number of Topliss-reactive ketones (excluding diaryl/α,β-unsaturated/α-hetero) is 1. The van der Waals surface area contributed by atoms with Crippen molar-refractivity contribution in [2.45, 2.75) is 76.4 Å². The maximum atomic E-state index is 13.1. The van der Waals surface area contributed by atoms with Crippen molar-refractivity contribution in [3.8, 4) is 0 Å². The Hall–Kier alpha value is -4.07. The zero-order valence-electron chi connectivity index (χ0n) is 25.2. The first kappa shape index (κ1) is 32.8. The molecule has 4 aromatic carbocycles. The number of carbonyl (C=O) groups excluding carboxylic acids is 1. The van der Waals surface area contributed by atoms with E-state index in [9.17, 15) is 19.5 Å². The largest absolute Gasteiger partial charge is 0.480 e. The molecule has 0 aliphatic carbocycles. The number of carbonyl (C=O) groups is 3. The van der Waals surface area contributed by atoms with Gasteiger partial charge in [0.15, 0.2) is 18.0 Å². The van der Waals surface area contributed by atoms with E-state index in [-0.39, 0.29) is 18.8 Å². The smallest absolute Gasteiger partial charge is 0.336 e. The molecule has 4 rings (SSSR count). The second-order valence-electron chi connectivity index (χ2n) is 11.3. The molecule has 0 aliphatic rings. The molecule has 0 spiro atoms. The summed E-state index contributed by atoms with van der Waals surface area (Å²) in [4.78, 5) is 36.1. The van der Waals surface area contributed by atoms with E-state index in [1.165, 1.54) is 32.7 Å². The van der Waals surface area contributed by atoms with Crippen LogP contribution >= 0.6 is 0 Å². The predicted molar refractivity (Wildman–Crippen MR) is 172 cm³/mol. The van der Waals surface area contributed by atoms with Crippen LogP contribution < -0.4 is 0 Å². The SMILES string of the molecule is O=C(O)COC(C(=O)O)C(OCCCCCc1ccc2ccccc2c1)C(=O)CCCCCCc1ccc2ccccc2c1. The van der Waals surface area contributed by atoms with Gasteiger partial charge in [-0.25, -0.2) is 9.59 Å². The highest BCUT2D eigenvalue weighted by atomic mass is 16.6. The Balaban J connectivity index is 1.20. The van der Waals surface area contributed by atoms with Crippen LogP contribution in [-0.2, 0) is 36.7 Å². The second-order valence-corrected chi connectivity index (χ2v) is 11.3. The van der Waals surface area contributed by atoms with Gasteiger partial charge in [-0.2, -0.15) is 0 Å². The van der Waals surface area contributed by atoms with Gasteiger partial charge in [0.25, 0.3) is 0 Å². The first-order chi connectivity index (χ1) is 21.4. The highest BCUT2D eigenvalue weighted by molar-refractivity contribution is 5.89. The minimum absolute atomic E-state index is 0.156. The van der Waals surface area contributed by atoms with Gasteiger partial charge in [0.2, 0.25) is 0 Å². The van der Waals surface area contributed by atoms with Crippen molar-refractivity contribution in [2.75, 3.05) is 13.2 Å². The van der Waals surface area contributed by atoms with Gasteiger partial charge in [0, 0.05) is 13.0 Å². The van der Waals surface area contributed by atoms with Gasteiger partial charge in [-0.1, -0.05) is 104 Å². The molecule has 0 fully saturated rings. The van der Waals surface area contributed by atoms with Crippen LogP contribution in [0.2, 0.25) is 0 Å². The normalized spacial score (nSPS) is 12.7. The number of ether oxygens (including phenoxy) is 2. The molecular weight excluding hydrogens is 556 g/mol. The third-order valence-corrected chi connectivity index (χ3v) is 7.90. The standard InChI is InChI=1S/C37H42O7/c38-33(18-6-2-1-4-12-27-19-21-29-14-7-9-16-31(29)24-27)35(36(37(41)42)44-26-34(39)40)43-23-11-3-5-13-28-20-22-30-15-8-10-17-32(30)25-28/h7-10,14-17,19-22,24-25,35-36H,1-6,11-13,18,23,26H2,(H,39,40)(H,41,42). The zero-order chi connectivity index (χ0) is 31.1. The van der Waals surface area contributed by atoms with Crippen LogP contribution in [0.15, 0.2) is 84.9 Å². The van der Waals surface area contributed by atoms with E-state index in [4.69, 9.17) is 14.6 Å². The molecule has 0 amide bonds. The van der Waals surface area contributed by atoms with Crippen LogP contribution in [0.4, 0.5) is 0 Å². The highest BCUT2D eigenvalue weighted by Gasteiger charge is 2.35. The van der Waals surface area contributed by atoms with Gasteiger partial charge >= 0.3 is 11.9 Å². The number of aliphatic carboxylic acids is 2. The van der Waals surface area contributed by atoms with Crippen molar-refractivity contribution < 1.29 is 34.1 Å². The fourth-order valence-electron chi connectivity index (χ4n) is 5.53. The number of carboxylic acid groups (broad SMARTS) is 2. The Morgan fingerprint density at radius 2 is 1.09 bits per heavy atom. The van der Waals surface area contributed by atoms with Crippen LogP contribution in [0.25, 0.3) is 21.5 Å². The number of aryl methyl sites for hydroxylation is 2. The fourth-order valence-corrected chi connectivity index (χ4v) is 5.53. The second kappa shape index (κ2) is 17.3. The molecule has 2 N–H and O–H groups in total. The molecule has 0 saturated carbocycles. The number of unbranched alkanes of at least 4 members (excludes halogenated alkanes) is 5. The average molecular weight is 599 g/mol. The van der Waals surface area contributed by atoms with Crippen LogP contribution in [-0.4, -0.2) is 53.4 Å². The Bertz CT molecular complexity index is 1530. The summed E-state index contributed by atoms with van der Waals surface area (Å²) >= 11 is 0. The van der Waals surface area contributed by atoms with Crippen LogP contribution in [0.5, 0.6) is 0 Å². The lowest BCUT2D eigenvalue weighted by Crippen LogP contribution is -2.44. The van der Waals surface area contributed by atoms with Crippen LogP contribution in [0.3, 0.4) is 0 Å². The molecule has 0 bridgehead atoms.